The number of rotatable bonds is 10. The minimum atomic E-state index is -0.226. The zero-order valence-electron chi connectivity index (χ0n) is 20.3. The van der Waals surface area contributed by atoms with Gasteiger partial charge in [-0.25, -0.2) is 0 Å². The first kappa shape index (κ1) is 24.8. The third-order valence-corrected chi connectivity index (χ3v) is 6.20. The molecule has 178 valence electrons. The highest BCUT2D eigenvalue weighted by Gasteiger charge is 2.22. The van der Waals surface area contributed by atoms with E-state index in [0.29, 0.717) is 24.2 Å². The van der Waals surface area contributed by atoms with Crippen LogP contribution in [0.25, 0.3) is 0 Å². The van der Waals surface area contributed by atoms with Gasteiger partial charge in [-0.05, 0) is 76.5 Å². The Morgan fingerprint density at radius 1 is 1.03 bits per heavy atom. The van der Waals surface area contributed by atoms with E-state index in [9.17, 15) is 9.59 Å². The van der Waals surface area contributed by atoms with Gasteiger partial charge in [-0.1, -0.05) is 37.3 Å². The minimum Gasteiger partial charge on any atom is -0.371 e. The molecule has 2 aromatic rings. The zero-order chi connectivity index (χ0) is 23.6. The first-order valence-corrected chi connectivity index (χ1v) is 12.2. The number of carbonyl (C=O) groups excluding carboxylic acids is 2. The van der Waals surface area contributed by atoms with Gasteiger partial charge in [0.2, 0.25) is 5.91 Å². The first-order valence-electron chi connectivity index (χ1n) is 12.2. The van der Waals surface area contributed by atoms with Gasteiger partial charge in [0.05, 0.1) is 11.5 Å². The van der Waals surface area contributed by atoms with E-state index in [4.69, 9.17) is 0 Å². The van der Waals surface area contributed by atoms with Crippen molar-refractivity contribution in [1.29, 1.82) is 0 Å². The minimum absolute atomic E-state index is 0.0493. The maximum atomic E-state index is 13.1. The lowest BCUT2D eigenvalue weighted by molar-refractivity contribution is -0.117. The highest BCUT2D eigenvalue weighted by molar-refractivity contribution is 6.02. The number of benzene rings is 2. The van der Waals surface area contributed by atoms with Gasteiger partial charge in [0, 0.05) is 31.0 Å². The van der Waals surface area contributed by atoms with Gasteiger partial charge in [-0.2, -0.15) is 0 Å². The molecule has 1 aliphatic rings. The molecule has 3 rings (SSSR count). The van der Waals surface area contributed by atoms with Crippen LogP contribution in [0.1, 0.15) is 60.9 Å². The smallest absolute Gasteiger partial charge is 0.253 e. The second-order valence-electron chi connectivity index (χ2n) is 9.05. The fourth-order valence-electron chi connectivity index (χ4n) is 4.39. The van der Waals surface area contributed by atoms with E-state index < -0.39 is 0 Å². The van der Waals surface area contributed by atoms with Crippen LogP contribution in [0.5, 0.6) is 0 Å². The number of hydrogen-bond acceptors (Lipinski definition) is 4. The van der Waals surface area contributed by atoms with Crippen LogP contribution in [0.2, 0.25) is 0 Å². The van der Waals surface area contributed by atoms with Crippen LogP contribution in [-0.4, -0.2) is 57.0 Å². The van der Waals surface area contributed by atoms with Crippen molar-refractivity contribution < 1.29 is 9.59 Å². The molecule has 1 unspecified atom stereocenters. The molecule has 0 saturated carbocycles. The number of nitrogens with one attached hydrogen (secondary N) is 2. The number of carbonyl (C=O) groups is 2. The molecule has 6 heteroatoms. The summed E-state index contributed by atoms with van der Waals surface area (Å²) in [7, 11) is 4.06. The third kappa shape index (κ3) is 7.06. The molecule has 2 N–H and O–H groups in total. The van der Waals surface area contributed by atoms with Crippen LogP contribution in [0, 0.1) is 0 Å². The van der Waals surface area contributed by atoms with Crippen molar-refractivity contribution in [3.8, 4) is 0 Å². The summed E-state index contributed by atoms with van der Waals surface area (Å²) in [6.45, 7) is 5.48. The Balaban J connectivity index is 1.78. The van der Waals surface area contributed by atoms with Crippen molar-refractivity contribution in [2.45, 2.75) is 44.9 Å². The van der Waals surface area contributed by atoms with Crippen molar-refractivity contribution in [1.82, 2.24) is 10.2 Å². The Bertz CT molecular complexity index is 908. The molecule has 1 heterocycles. The lowest BCUT2D eigenvalue weighted by Gasteiger charge is -2.30. The number of amides is 2. The molecular formula is C27H38N4O2. The predicted molar refractivity (Wildman–Crippen MR) is 136 cm³/mol. The molecule has 0 spiro atoms. The average molecular weight is 451 g/mol. The molecular weight excluding hydrogens is 412 g/mol. The monoisotopic (exact) mass is 450 g/mol. The van der Waals surface area contributed by atoms with Crippen molar-refractivity contribution in [3.63, 3.8) is 0 Å². The van der Waals surface area contributed by atoms with Crippen LogP contribution in [-0.2, 0) is 4.79 Å². The Kier molecular flexibility index (Phi) is 9.31. The molecule has 0 radical (unpaired) electrons. The summed E-state index contributed by atoms with van der Waals surface area (Å²) in [5, 5.41) is 6.12. The molecule has 0 aliphatic carbocycles. The van der Waals surface area contributed by atoms with Crippen molar-refractivity contribution in [3.05, 3.63) is 59.7 Å². The van der Waals surface area contributed by atoms with Crippen LogP contribution >= 0.6 is 0 Å². The van der Waals surface area contributed by atoms with Gasteiger partial charge < -0.3 is 20.4 Å². The van der Waals surface area contributed by atoms with Crippen LogP contribution in [0.4, 0.5) is 11.4 Å². The maximum Gasteiger partial charge on any atom is 0.253 e. The summed E-state index contributed by atoms with van der Waals surface area (Å²) in [5.41, 5.74) is 3.25. The second kappa shape index (κ2) is 12.4. The van der Waals surface area contributed by atoms with Crippen LogP contribution in [0.3, 0.4) is 0 Å². The zero-order valence-corrected chi connectivity index (χ0v) is 20.3. The Morgan fingerprint density at radius 2 is 1.76 bits per heavy atom. The lowest BCUT2D eigenvalue weighted by Crippen LogP contribution is -2.33. The average Bonchev–Trinajstić information content (AvgIpc) is 2.83. The molecule has 1 fully saturated rings. The molecule has 0 aromatic heterocycles. The van der Waals surface area contributed by atoms with Gasteiger partial charge in [0.15, 0.2) is 0 Å². The molecule has 1 atom stereocenters. The van der Waals surface area contributed by atoms with E-state index in [2.05, 4.69) is 20.4 Å². The fraction of sp³-hybridized carbons (Fsp3) is 0.481. The molecule has 0 bridgehead atoms. The molecule has 6 nitrogen and oxygen atoms in total. The highest BCUT2D eigenvalue weighted by Crippen LogP contribution is 2.28. The van der Waals surface area contributed by atoms with E-state index >= 15 is 0 Å². The Labute approximate surface area is 198 Å². The summed E-state index contributed by atoms with van der Waals surface area (Å²) in [6.07, 6.45) is 5.11. The van der Waals surface area contributed by atoms with Gasteiger partial charge in [0.25, 0.3) is 5.91 Å². The quantitative estimate of drug-likeness (QED) is 0.524. The summed E-state index contributed by atoms with van der Waals surface area (Å²) >= 11 is 0. The maximum absolute atomic E-state index is 13.1. The molecule has 2 aromatic carbocycles. The van der Waals surface area contributed by atoms with Gasteiger partial charge in [-0.3, -0.25) is 9.59 Å². The van der Waals surface area contributed by atoms with E-state index in [0.717, 1.165) is 50.1 Å². The van der Waals surface area contributed by atoms with Gasteiger partial charge in [0.1, 0.15) is 0 Å². The van der Waals surface area contributed by atoms with Crippen LogP contribution < -0.4 is 15.5 Å². The number of piperidine rings is 1. The number of anilines is 2. The summed E-state index contributed by atoms with van der Waals surface area (Å²) < 4.78 is 0. The predicted octanol–water partition coefficient (Wildman–Crippen LogP) is 4.49. The summed E-state index contributed by atoms with van der Waals surface area (Å²) in [5.74, 6) is -0.358. The first-order chi connectivity index (χ1) is 16.0. The van der Waals surface area contributed by atoms with Gasteiger partial charge >= 0.3 is 0 Å². The Hall–Kier alpha value is -2.86. The molecule has 1 aliphatic heterocycles. The SMILES string of the molecule is CCC(C(=O)Nc1ccc(N2CCCCC2)c(C(=O)NCCCN(C)C)c1)c1ccccc1. The number of nitrogens with zero attached hydrogens (tertiary/aromatic N) is 2. The van der Waals surface area contributed by atoms with E-state index in [1.807, 2.05) is 69.6 Å². The van der Waals surface area contributed by atoms with Crippen molar-refractivity contribution >= 4 is 23.2 Å². The van der Waals surface area contributed by atoms with Crippen molar-refractivity contribution in [2.75, 3.05) is 50.5 Å². The normalized spacial score (nSPS) is 14.7. The molecule has 2 amide bonds. The van der Waals surface area contributed by atoms with E-state index in [1.54, 1.807) is 0 Å². The van der Waals surface area contributed by atoms with E-state index in [1.165, 1.54) is 6.42 Å². The Morgan fingerprint density at radius 3 is 2.42 bits per heavy atom. The molecule has 1 saturated heterocycles. The standard InChI is InChI=1S/C27H38N4O2/c1-4-23(21-12-7-5-8-13-21)27(33)29-22-14-15-25(31-18-9-6-10-19-31)24(20-22)26(32)28-16-11-17-30(2)3/h5,7-8,12-15,20,23H,4,6,9-11,16-19H2,1-3H3,(H,28,32)(H,29,33). The summed E-state index contributed by atoms with van der Waals surface area (Å²) in [6, 6.07) is 15.6. The van der Waals surface area contributed by atoms with Crippen LogP contribution in [0.15, 0.2) is 48.5 Å². The topological polar surface area (TPSA) is 64.7 Å². The largest absolute Gasteiger partial charge is 0.371 e. The fourth-order valence-corrected chi connectivity index (χ4v) is 4.39. The third-order valence-electron chi connectivity index (χ3n) is 6.20. The number of hydrogen-bond donors (Lipinski definition) is 2. The lowest BCUT2D eigenvalue weighted by atomic mass is 9.95. The van der Waals surface area contributed by atoms with Crippen molar-refractivity contribution in [2.24, 2.45) is 0 Å². The molecule has 33 heavy (non-hydrogen) atoms. The van der Waals surface area contributed by atoms with Gasteiger partial charge in [-0.15, -0.1) is 0 Å². The summed E-state index contributed by atoms with van der Waals surface area (Å²) in [4.78, 5) is 30.6. The highest BCUT2D eigenvalue weighted by atomic mass is 16.2. The second-order valence-corrected chi connectivity index (χ2v) is 9.05. The van der Waals surface area contributed by atoms with E-state index in [-0.39, 0.29) is 17.7 Å².